The van der Waals surface area contributed by atoms with Gasteiger partial charge in [-0.05, 0) is 42.2 Å². The highest BCUT2D eigenvalue weighted by Crippen LogP contribution is 2.44. The summed E-state index contributed by atoms with van der Waals surface area (Å²) < 4.78 is 0. The van der Waals surface area contributed by atoms with Crippen molar-refractivity contribution in [1.82, 2.24) is 0 Å². The molecule has 0 fully saturated rings. The van der Waals surface area contributed by atoms with Crippen molar-refractivity contribution in [2.24, 2.45) is 4.99 Å². The van der Waals surface area contributed by atoms with Gasteiger partial charge in [0.2, 0.25) is 5.91 Å². The van der Waals surface area contributed by atoms with Crippen molar-refractivity contribution in [1.29, 1.82) is 10.5 Å². The predicted molar refractivity (Wildman–Crippen MR) is 148 cm³/mol. The number of hydrogen-bond acceptors (Lipinski definition) is 7. The molecule has 10 heteroatoms. The van der Waals surface area contributed by atoms with Crippen LogP contribution in [0.4, 0.5) is 17.1 Å². The van der Waals surface area contributed by atoms with E-state index in [1.165, 1.54) is 6.92 Å². The number of amides is 1. The zero-order valence-corrected chi connectivity index (χ0v) is 21.3. The molecule has 0 heterocycles. The number of aliphatic hydroxyl groups excluding tert-OH is 2. The molecule has 3 N–H and O–H groups in total. The second-order valence-corrected chi connectivity index (χ2v) is 8.42. The number of allylic oxidation sites excluding steroid dienone is 4. The zero-order valence-electron chi connectivity index (χ0n) is 21.3. The number of nitrogens with one attached hydrogen (secondary N) is 1. The third-order valence-electron chi connectivity index (χ3n) is 5.91. The van der Waals surface area contributed by atoms with Crippen molar-refractivity contribution >= 4 is 39.8 Å². The largest absolute Gasteiger partial charge is 0.396 e. The number of nitriles is 2. The molecule has 0 unspecified atom stereocenters. The van der Waals surface area contributed by atoms with Crippen molar-refractivity contribution < 1.29 is 15.0 Å². The first kappa shape index (κ1) is 28.3. The minimum atomic E-state index is -0.357. The van der Waals surface area contributed by atoms with Crippen LogP contribution in [0.5, 0.6) is 0 Å². The number of nitrogens with zero attached hydrogens (tertiary/aromatic N) is 6. The lowest BCUT2D eigenvalue weighted by molar-refractivity contribution is -0.114. The van der Waals surface area contributed by atoms with Gasteiger partial charge in [-0.1, -0.05) is 24.3 Å². The molecule has 0 radical (unpaired) electrons. The normalized spacial score (nSPS) is 14.2. The molecule has 2 aromatic carbocycles. The van der Waals surface area contributed by atoms with E-state index in [-0.39, 0.29) is 47.4 Å². The van der Waals surface area contributed by atoms with Gasteiger partial charge in [0.05, 0.1) is 42.4 Å². The first-order chi connectivity index (χ1) is 18.9. The molecular formula is C29H25N7O3. The Morgan fingerprint density at radius 2 is 1.51 bits per heavy atom. The van der Waals surface area contributed by atoms with Gasteiger partial charge in [-0.2, -0.15) is 0 Å². The van der Waals surface area contributed by atoms with Gasteiger partial charge in [-0.15, -0.1) is 0 Å². The van der Waals surface area contributed by atoms with E-state index in [9.17, 15) is 25.5 Å². The predicted octanol–water partition coefficient (Wildman–Crippen LogP) is 4.31. The number of carbonyl (C=O) groups is 1. The first-order valence-corrected chi connectivity index (χ1v) is 12.0. The number of rotatable bonds is 9. The molecule has 39 heavy (non-hydrogen) atoms. The monoisotopic (exact) mass is 519 g/mol. The Hall–Kier alpha value is -5.26. The SMILES string of the molecule is [C-]#[N+]C(C#N)=C1C(=Nc2ccc(N(CCCO)CCCO)cc2NC(C)=O)C(=C(C#N)[N+]#[C-])c2ccccc21. The topological polar surface area (TPSA) is 141 Å². The standard InChI is InChI=1S/C29H25N7O3/c1-19(39)34-24-16-20(36(12-6-14-37)13-7-15-38)10-11-23(24)35-29-27(25(17-30)32-2)21-8-4-5-9-22(21)28(29)26(18-31)33-3/h4-5,8-11,16,37-38H,6-7,12-15H2,1H3,(H,34,39). The molecule has 194 valence electrons. The van der Waals surface area contributed by atoms with Gasteiger partial charge < -0.3 is 20.4 Å². The van der Waals surface area contributed by atoms with Crippen LogP contribution in [0.3, 0.4) is 0 Å². The number of carbonyl (C=O) groups excluding carboxylic acids is 1. The average Bonchev–Trinajstić information content (AvgIpc) is 3.25. The Bertz CT molecular complexity index is 1430. The quantitative estimate of drug-likeness (QED) is 0.333. The van der Waals surface area contributed by atoms with Crippen LogP contribution in [-0.2, 0) is 4.79 Å². The molecule has 0 aromatic heterocycles. The van der Waals surface area contributed by atoms with E-state index in [0.29, 0.717) is 48.4 Å². The average molecular weight is 520 g/mol. The van der Waals surface area contributed by atoms with E-state index in [4.69, 9.17) is 18.1 Å². The molecule has 1 amide bonds. The van der Waals surface area contributed by atoms with E-state index in [1.807, 2.05) is 17.0 Å². The molecule has 0 saturated carbocycles. The maximum atomic E-state index is 12.1. The van der Waals surface area contributed by atoms with E-state index in [2.05, 4.69) is 15.0 Å². The number of aliphatic imine (C=N–C) groups is 1. The first-order valence-electron chi connectivity index (χ1n) is 12.0. The van der Waals surface area contributed by atoms with Gasteiger partial charge in [0.15, 0.2) is 0 Å². The summed E-state index contributed by atoms with van der Waals surface area (Å²) in [5.41, 5.74) is 2.42. The number of hydrogen-bond donors (Lipinski definition) is 3. The molecular weight excluding hydrogens is 494 g/mol. The molecule has 2 aromatic rings. The molecule has 0 saturated heterocycles. The fourth-order valence-corrected chi connectivity index (χ4v) is 4.29. The van der Waals surface area contributed by atoms with Gasteiger partial charge in [0, 0.05) is 50.1 Å². The molecule has 1 aliphatic carbocycles. The Morgan fingerprint density at radius 1 is 0.974 bits per heavy atom. The van der Waals surface area contributed by atoms with Crippen LogP contribution in [0.25, 0.3) is 20.8 Å². The number of fused-ring (bicyclic) bond motifs is 1. The van der Waals surface area contributed by atoms with Crippen molar-refractivity contribution in [3.05, 3.63) is 87.8 Å². The Balaban J connectivity index is 2.32. The Morgan fingerprint density at radius 3 is 1.95 bits per heavy atom. The van der Waals surface area contributed by atoms with E-state index >= 15 is 0 Å². The maximum Gasteiger partial charge on any atom is 0.271 e. The van der Waals surface area contributed by atoms with Crippen molar-refractivity contribution in [3.63, 3.8) is 0 Å². The van der Waals surface area contributed by atoms with E-state index in [1.54, 1.807) is 42.5 Å². The van der Waals surface area contributed by atoms with Crippen molar-refractivity contribution in [3.8, 4) is 12.1 Å². The number of aliphatic hydroxyl groups is 2. The number of anilines is 2. The van der Waals surface area contributed by atoms with Crippen LogP contribution < -0.4 is 10.2 Å². The minimum absolute atomic E-state index is 0.00471. The highest BCUT2D eigenvalue weighted by atomic mass is 16.3. The summed E-state index contributed by atoms with van der Waals surface area (Å²) in [6.45, 7) is 17.5. The summed E-state index contributed by atoms with van der Waals surface area (Å²) in [5, 5.41) is 40.9. The summed E-state index contributed by atoms with van der Waals surface area (Å²) in [5.74, 6) is -0.357. The third kappa shape index (κ3) is 6.18. The Kier molecular flexibility index (Phi) is 9.68. The molecule has 10 nitrogen and oxygen atoms in total. The van der Waals surface area contributed by atoms with Crippen LogP contribution in [0.2, 0.25) is 0 Å². The lowest BCUT2D eigenvalue weighted by Gasteiger charge is -2.25. The van der Waals surface area contributed by atoms with Gasteiger partial charge in [-0.25, -0.2) is 25.2 Å². The van der Waals surface area contributed by atoms with Crippen LogP contribution in [0.1, 0.15) is 30.9 Å². The molecule has 0 bridgehead atoms. The molecule has 0 atom stereocenters. The molecule has 0 spiro atoms. The smallest absolute Gasteiger partial charge is 0.271 e. The highest BCUT2D eigenvalue weighted by molar-refractivity contribution is 6.51. The summed E-state index contributed by atoms with van der Waals surface area (Å²) in [7, 11) is 0. The zero-order chi connectivity index (χ0) is 28.4. The van der Waals surface area contributed by atoms with Gasteiger partial charge in [0.1, 0.15) is 0 Å². The van der Waals surface area contributed by atoms with Crippen LogP contribution >= 0.6 is 0 Å². The van der Waals surface area contributed by atoms with Gasteiger partial charge in [-0.3, -0.25) is 4.79 Å². The maximum absolute atomic E-state index is 12.1. The summed E-state index contributed by atoms with van der Waals surface area (Å²) >= 11 is 0. The third-order valence-corrected chi connectivity index (χ3v) is 5.91. The van der Waals surface area contributed by atoms with Crippen molar-refractivity contribution in [2.75, 3.05) is 36.5 Å². The van der Waals surface area contributed by atoms with Crippen LogP contribution in [0, 0.1) is 35.8 Å². The Labute approximate surface area is 226 Å². The fraction of sp³-hybridized carbons (Fsp3) is 0.241. The second-order valence-electron chi connectivity index (χ2n) is 8.42. The number of benzene rings is 2. The molecule has 3 rings (SSSR count). The second kappa shape index (κ2) is 13.3. The fourth-order valence-electron chi connectivity index (χ4n) is 4.29. The van der Waals surface area contributed by atoms with Gasteiger partial charge in [0.25, 0.3) is 11.4 Å². The van der Waals surface area contributed by atoms with Crippen LogP contribution in [-0.4, -0.2) is 48.1 Å². The highest BCUT2D eigenvalue weighted by Gasteiger charge is 2.33. The lowest BCUT2D eigenvalue weighted by atomic mass is 10.0. The van der Waals surface area contributed by atoms with E-state index < -0.39 is 0 Å². The lowest BCUT2D eigenvalue weighted by Crippen LogP contribution is -2.27. The van der Waals surface area contributed by atoms with E-state index in [0.717, 1.165) is 5.69 Å². The van der Waals surface area contributed by atoms with Crippen molar-refractivity contribution in [2.45, 2.75) is 19.8 Å². The summed E-state index contributed by atoms with van der Waals surface area (Å²) in [6, 6.07) is 15.8. The molecule has 1 aliphatic rings. The summed E-state index contributed by atoms with van der Waals surface area (Å²) in [6.07, 6.45) is 1.01. The van der Waals surface area contributed by atoms with Crippen LogP contribution in [0.15, 0.2) is 58.9 Å². The molecule has 0 aliphatic heterocycles. The summed E-state index contributed by atoms with van der Waals surface area (Å²) in [4.78, 5) is 25.6. The minimum Gasteiger partial charge on any atom is -0.396 e. The van der Waals surface area contributed by atoms with Gasteiger partial charge >= 0.3 is 0 Å².